The standard InChI is InChI=1S/C9H11N3S2/c1-9(2,3)8-12-5-6(13)10-4-11-7(5)14-8/h4H,1-3H3,(H,10,11,13). The molecule has 0 aliphatic rings. The van der Waals surface area contributed by atoms with E-state index in [1.807, 2.05) is 0 Å². The van der Waals surface area contributed by atoms with Gasteiger partial charge in [0.05, 0.1) is 6.33 Å². The monoisotopic (exact) mass is 225 g/mol. The fourth-order valence-electron chi connectivity index (χ4n) is 1.09. The molecule has 5 heteroatoms. The molecular weight excluding hydrogens is 214 g/mol. The summed E-state index contributed by atoms with van der Waals surface area (Å²) in [6, 6.07) is 0. The average molecular weight is 225 g/mol. The van der Waals surface area contributed by atoms with Crippen molar-refractivity contribution in [2.75, 3.05) is 0 Å². The van der Waals surface area contributed by atoms with E-state index in [-0.39, 0.29) is 5.41 Å². The van der Waals surface area contributed by atoms with Crippen molar-refractivity contribution >= 4 is 33.9 Å². The normalized spacial score (nSPS) is 12.2. The maximum atomic E-state index is 5.14. The van der Waals surface area contributed by atoms with Crippen LogP contribution in [0.15, 0.2) is 6.33 Å². The van der Waals surface area contributed by atoms with Crippen molar-refractivity contribution in [2.24, 2.45) is 0 Å². The third-order valence-corrected chi connectivity index (χ3v) is 3.54. The van der Waals surface area contributed by atoms with E-state index in [2.05, 4.69) is 35.7 Å². The number of aromatic nitrogens is 3. The number of aromatic amines is 1. The lowest BCUT2D eigenvalue weighted by atomic mass is 9.98. The lowest BCUT2D eigenvalue weighted by Gasteiger charge is -2.12. The second-order valence-corrected chi connectivity index (χ2v) is 5.54. The van der Waals surface area contributed by atoms with Gasteiger partial charge in [0.25, 0.3) is 0 Å². The van der Waals surface area contributed by atoms with Crippen LogP contribution in [0.4, 0.5) is 0 Å². The molecule has 0 bridgehead atoms. The minimum absolute atomic E-state index is 0.0626. The number of fused-ring (bicyclic) bond motifs is 1. The second-order valence-electron chi connectivity index (χ2n) is 4.15. The van der Waals surface area contributed by atoms with E-state index in [1.54, 1.807) is 17.7 Å². The first-order valence-corrected chi connectivity index (χ1v) is 5.55. The molecule has 0 amide bonds. The molecule has 14 heavy (non-hydrogen) atoms. The fourth-order valence-corrected chi connectivity index (χ4v) is 2.32. The highest BCUT2D eigenvalue weighted by Crippen LogP contribution is 2.29. The Morgan fingerprint density at radius 2 is 2.14 bits per heavy atom. The van der Waals surface area contributed by atoms with E-state index < -0.39 is 0 Å². The zero-order valence-electron chi connectivity index (χ0n) is 8.29. The second kappa shape index (κ2) is 3.10. The fraction of sp³-hybridized carbons (Fsp3) is 0.444. The Balaban J connectivity index is 2.75. The Morgan fingerprint density at radius 1 is 1.43 bits per heavy atom. The van der Waals surface area contributed by atoms with Gasteiger partial charge >= 0.3 is 0 Å². The van der Waals surface area contributed by atoms with Crippen molar-refractivity contribution < 1.29 is 0 Å². The van der Waals surface area contributed by atoms with Crippen molar-refractivity contribution in [1.82, 2.24) is 15.0 Å². The Bertz CT molecular complexity index is 519. The van der Waals surface area contributed by atoms with E-state index >= 15 is 0 Å². The number of rotatable bonds is 0. The van der Waals surface area contributed by atoms with Crippen molar-refractivity contribution in [1.29, 1.82) is 0 Å². The van der Waals surface area contributed by atoms with E-state index in [1.165, 1.54) is 0 Å². The Labute approximate surface area is 91.2 Å². The summed E-state index contributed by atoms with van der Waals surface area (Å²) in [4.78, 5) is 12.5. The summed E-state index contributed by atoms with van der Waals surface area (Å²) >= 11 is 6.75. The molecule has 2 heterocycles. The van der Waals surface area contributed by atoms with Gasteiger partial charge in [-0.1, -0.05) is 44.3 Å². The van der Waals surface area contributed by atoms with Gasteiger partial charge in [-0.25, -0.2) is 9.97 Å². The molecule has 2 aromatic rings. The van der Waals surface area contributed by atoms with Crippen LogP contribution in [-0.4, -0.2) is 15.0 Å². The molecule has 74 valence electrons. The van der Waals surface area contributed by atoms with Crippen molar-refractivity contribution in [3.63, 3.8) is 0 Å². The van der Waals surface area contributed by atoms with E-state index in [4.69, 9.17) is 12.2 Å². The van der Waals surface area contributed by atoms with Gasteiger partial charge in [0.15, 0.2) is 0 Å². The predicted octanol–water partition coefficient (Wildman–Crippen LogP) is 3.05. The third-order valence-electron chi connectivity index (χ3n) is 1.84. The maximum absolute atomic E-state index is 5.14. The van der Waals surface area contributed by atoms with Crippen LogP contribution in [0, 0.1) is 4.64 Å². The van der Waals surface area contributed by atoms with Crippen LogP contribution in [0.5, 0.6) is 0 Å². The molecule has 3 nitrogen and oxygen atoms in total. The number of H-pyrrole nitrogens is 1. The molecule has 0 fully saturated rings. The maximum Gasteiger partial charge on any atom is 0.148 e. The van der Waals surface area contributed by atoms with Crippen LogP contribution in [0.1, 0.15) is 25.8 Å². The zero-order chi connectivity index (χ0) is 10.3. The Kier molecular flexibility index (Phi) is 2.16. The number of hydrogen-bond acceptors (Lipinski definition) is 4. The van der Waals surface area contributed by atoms with Crippen LogP contribution < -0.4 is 0 Å². The lowest BCUT2D eigenvalue weighted by Crippen LogP contribution is -2.09. The molecule has 0 saturated heterocycles. The number of nitrogens with one attached hydrogen (secondary N) is 1. The predicted molar refractivity (Wildman–Crippen MR) is 61.3 cm³/mol. The molecular formula is C9H11N3S2. The zero-order valence-corrected chi connectivity index (χ0v) is 9.92. The van der Waals surface area contributed by atoms with E-state index in [9.17, 15) is 0 Å². The smallest absolute Gasteiger partial charge is 0.148 e. The molecule has 0 aliphatic carbocycles. The van der Waals surface area contributed by atoms with Crippen molar-refractivity contribution in [3.05, 3.63) is 16.0 Å². The van der Waals surface area contributed by atoms with Gasteiger partial charge in [-0.2, -0.15) is 0 Å². The first-order chi connectivity index (χ1) is 6.48. The van der Waals surface area contributed by atoms with Gasteiger partial charge in [0.1, 0.15) is 20.0 Å². The molecule has 0 radical (unpaired) electrons. The summed E-state index contributed by atoms with van der Waals surface area (Å²) in [6.07, 6.45) is 1.62. The minimum atomic E-state index is 0.0626. The first kappa shape index (κ1) is 9.73. The SMILES string of the molecule is CC(C)(C)c1nc2c(=S)[nH]cnc2s1. The number of nitrogens with zero attached hydrogens (tertiary/aromatic N) is 2. The van der Waals surface area contributed by atoms with Crippen LogP contribution in [0.2, 0.25) is 0 Å². The lowest BCUT2D eigenvalue weighted by molar-refractivity contribution is 0.587. The van der Waals surface area contributed by atoms with Gasteiger partial charge in [-0.3, -0.25) is 0 Å². The van der Waals surface area contributed by atoms with Crippen molar-refractivity contribution in [2.45, 2.75) is 26.2 Å². The van der Waals surface area contributed by atoms with Crippen LogP contribution in [-0.2, 0) is 5.41 Å². The topological polar surface area (TPSA) is 41.6 Å². The molecule has 0 atom stereocenters. The summed E-state index contributed by atoms with van der Waals surface area (Å²) in [5, 5.41) is 1.07. The highest BCUT2D eigenvalue weighted by Gasteiger charge is 2.19. The van der Waals surface area contributed by atoms with Gasteiger partial charge in [0.2, 0.25) is 0 Å². The van der Waals surface area contributed by atoms with Crippen LogP contribution >= 0.6 is 23.6 Å². The quantitative estimate of drug-likeness (QED) is 0.701. The van der Waals surface area contributed by atoms with E-state index in [0.29, 0.717) is 4.64 Å². The summed E-state index contributed by atoms with van der Waals surface area (Å²) < 4.78 is 0.668. The van der Waals surface area contributed by atoms with Gasteiger partial charge in [-0.15, -0.1) is 0 Å². The molecule has 0 saturated carbocycles. The summed E-state index contributed by atoms with van der Waals surface area (Å²) in [5.74, 6) is 0. The summed E-state index contributed by atoms with van der Waals surface area (Å²) in [5.41, 5.74) is 0.880. The molecule has 0 spiro atoms. The Morgan fingerprint density at radius 3 is 2.71 bits per heavy atom. The van der Waals surface area contributed by atoms with Crippen molar-refractivity contribution in [3.8, 4) is 0 Å². The Hall–Kier alpha value is -0.810. The van der Waals surface area contributed by atoms with Gasteiger partial charge < -0.3 is 4.98 Å². The molecule has 1 N–H and O–H groups in total. The third kappa shape index (κ3) is 1.57. The van der Waals surface area contributed by atoms with Crippen LogP contribution in [0.25, 0.3) is 10.3 Å². The largest absolute Gasteiger partial charge is 0.336 e. The summed E-state index contributed by atoms with van der Waals surface area (Å²) in [7, 11) is 0. The molecule has 2 aromatic heterocycles. The van der Waals surface area contributed by atoms with Gasteiger partial charge in [0, 0.05) is 5.41 Å². The first-order valence-electron chi connectivity index (χ1n) is 4.33. The minimum Gasteiger partial charge on any atom is -0.336 e. The molecule has 0 aromatic carbocycles. The van der Waals surface area contributed by atoms with Gasteiger partial charge in [-0.05, 0) is 0 Å². The highest BCUT2D eigenvalue weighted by molar-refractivity contribution is 7.71. The summed E-state index contributed by atoms with van der Waals surface area (Å²) in [6.45, 7) is 6.41. The van der Waals surface area contributed by atoms with Crippen LogP contribution in [0.3, 0.4) is 0 Å². The molecule has 0 unspecified atom stereocenters. The van der Waals surface area contributed by atoms with E-state index in [0.717, 1.165) is 15.4 Å². The highest BCUT2D eigenvalue weighted by atomic mass is 32.1. The number of hydrogen-bond donors (Lipinski definition) is 1. The number of thiazole rings is 1. The average Bonchev–Trinajstić information content (AvgIpc) is 2.48. The molecule has 2 rings (SSSR count). The molecule has 0 aliphatic heterocycles.